The summed E-state index contributed by atoms with van der Waals surface area (Å²) in [5.41, 5.74) is 2.35. The first-order valence-corrected chi connectivity index (χ1v) is 9.70. The van der Waals surface area contributed by atoms with Gasteiger partial charge in [-0.05, 0) is 39.9 Å². The fourth-order valence-corrected chi connectivity index (χ4v) is 3.82. The number of thiophene rings is 1. The van der Waals surface area contributed by atoms with E-state index in [2.05, 4.69) is 28.5 Å². The van der Waals surface area contributed by atoms with Crippen molar-refractivity contribution < 1.29 is 4.79 Å². The first-order chi connectivity index (χ1) is 12.1. The van der Waals surface area contributed by atoms with E-state index in [-0.39, 0.29) is 5.91 Å². The van der Waals surface area contributed by atoms with Crippen LogP contribution in [0.3, 0.4) is 0 Å². The van der Waals surface area contributed by atoms with E-state index in [1.165, 1.54) is 22.2 Å². The van der Waals surface area contributed by atoms with Gasteiger partial charge in [-0.1, -0.05) is 42.1 Å². The molecule has 0 bridgehead atoms. The van der Waals surface area contributed by atoms with Crippen LogP contribution >= 0.6 is 23.1 Å². The van der Waals surface area contributed by atoms with Crippen molar-refractivity contribution in [1.29, 1.82) is 0 Å². The molecule has 2 aromatic heterocycles. The van der Waals surface area contributed by atoms with Crippen LogP contribution in [-0.4, -0.2) is 43.8 Å². The highest BCUT2D eigenvalue weighted by Crippen LogP contribution is 2.18. The highest BCUT2D eigenvalue weighted by molar-refractivity contribution is 7.99. The molecule has 0 aliphatic rings. The van der Waals surface area contributed by atoms with Gasteiger partial charge in [0, 0.05) is 18.5 Å². The minimum absolute atomic E-state index is 0.0546. The first-order valence-electron chi connectivity index (χ1n) is 7.83. The van der Waals surface area contributed by atoms with Crippen LogP contribution in [0.15, 0.2) is 46.9 Å². The van der Waals surface area contributed by atoms with Crippen LogP contribution in [0.4, 0.5) is 0 Å². The van der Waals surface area contributed by atoms with E-state index in [0.717, 1.165) is 5.56 Å². The summed E-state index contributed by atoms with van der Waals surface area (Å²) in [4.78, 5) is 15.3. The second kappa shape index (κ2) is 8.26. The predicted octanol–water partition coefficient (Wildman–Crippen LogP) is 2.84. The van der Waals surface area contributed by atoms with Crippen molar-refractivity contribution in [2.24, 2.45) is 0 Å². The average molecular weight is 374 g/mol. The lowest BCUT2D eigenvalue weighted by molar-refractivity contribution is -0.127. The minimum Gasteiger partial charge on any atom is -0.341 e. The summed E-state index contributed by atoms with van der Waals surface area (Å²) in [7, 11) is 1.82. The lowest BCUT2D eigenvalue weighted by atomic mass is 10.1. The van der Waals surface area contributed by atoms with Gasteiger partial charge in [0.05, 0.1) is 12.3 Å². The first kappa shape index (κ1) is 17.6. The van der Waals surface area contributed by atoms with Gasteiger partial charge in [0.25, 0.3) is 0 Å². The fraction of sp³-hybridized carbons (Fsp3) is 0.294. The SMILES string of the molecule is Cc1ccccc1CN(C)C(=O)CSc1nnnn1Cc1cccs1. The average Bonchev–Trinajstić information content (AvgIpc) is 3.27. The molecular formula is C17H19N5OS2. The Kier molecular flexibility index (Phi) is 5.83. The molecule has 1 aromatic carbocycles. The highest BCUT2D eigenvalue weighted by Gasteiger charge is 2.14. The third-order valence-electron chi connectivity index (χ3n) is 3.80. The maximum atomic E-state index is 12.4. The standard InChI is InChI=1S/C17H19N5OS2/c1-13-6-3-4-7-14(13)10-21(2)16(23)12-25-17-18-19-20-22(17)11-15-8-5-9-24-15/h3-9H,10-12H2,1-2H3. The van der Waals surface area contributed by atoms with E-state index in [9.17, 15) is 4.79 Å². The van der Waals surface area contributed by atoms with Gasteiger partial charge in [-0.3, -0.25) is 4.79 Å². The van der Waals surface area contributed by atoms with Crippen LogP contribution in [0, 0.1) is 6.92 Å². The maximum absolute atomic E-state index is 12.4. The Morgan fingerprint density at radius 2 is 2.12 bits per heavy atom. The van der Waals surface area contributed by atoms with E-state index in [1.807, 2.05) is 42.8 Å². The zero-order valence-electron chi connectivity index (χ0n) is 14.1. The van der Waals surface area contributed by atoms with Crippen molar-refractivity contribution in [3.8, 4) is 0 Å². The predicted molar refractivity (Wildman–Crippen MR) is 99.6 cm³/mol. The molecule has 0 atom stereocenters. The van der Waals surface area contributed by atoms with E-state index in [1.54, 1.807) is 20.9 Å². The molecule has 0 radical (unpaired) electrons. The van der Waals surface area contributed by atoms with Crippen molar-refractivity contribution in [2.75, 3.05) is 12.8 Å². The summed E-state index contributed by atoms with van der Waals surface area (Å²) in [5, 5.41) is 14.4. The number of tetrazole rings is 1. The molecule has 3 aromatic rings. The number of hydrogen-bond acceptors (Lipinski definition) is 6. The molecule has 3 rings (SSSR count). The van der Waals surface area contributed by atoms with Crippen LogP contribution in [0.25, 0.3) is 0 Å². The normalized spacial score (nSPS) is 10.8. The number of benzene rings is 1. The molecule has 25 heavy (non-hydrogen) atoms. The number of nitrogens with zero attached hydrogens (tertiary/aromatic N) is 5. The molecule has 0 aliphatic heterocycles. The van der Waals surface area contributed by atoms with Gasteiger partial charge in [-0.25, -0.2) is 4.68 Å². The number of aromatic nitrogens is 4. The second-order valence-electron chi connectivity index (χ2n) is 5.66. The van der Waals surface area contributed by atoms with Crippen molar-refractivity contribution in [3.63, 3.8) is 0 Å². The van der Waals surface area contributed by atoms with Gasteiger partial charge >= 0.3 is 0 Å². The van der Waals surface area contributed by atoms with Gasteiger partial charge in [-0.2, -0.15) is 0 Å². The summed E-state index contributed by atoms with van der Waals surface area (Å²) in [6.07, 6.45) is 0. The molecular weight excluding hydrogens is 354 g/mol. The molecule has 6 nitrogen and oxygen atoms in total. The molecule has 0 unspecified atom stereocenters. The van der Waals surface area contributed by atoms with Gasteiger partial charge in [-0.15, -0.1) is 16.4 Å². The Morgan fingerprint density at radius 3 is 2.88 bits per heavy atom. The molecule has 130 valence electrons. The summed E-state index contributed by atoms with van der Waals surface area (Å²) < 4.78 is 1.73. The number of amides is 1. The van der Waals surface area contributed by atoms with Crippen molar-refractivity contribution in [1.82, 2.24) is 25.1 Å². The lowest BCUT2D eigenvalue weighted by Crippen LogP contribution is -2.28. The quantitative estimate of drug-likeness (QED) is 0.596. The largest absolute Gasteiger partial charge is 0.341 e. The Balaban J connectivity index is 1.55. The van der Waals surface area contributed by atoms with Gasteiger partial charge in [0.1, 0.15) is 0 Å². The van der Waals surface area contributed by atoms with Crippen molar-refractivity contribution >= 4 is 29.0 Å². The summed E-state index contributed by atoms with van der Waals surface area (Å²) in [5.74, 6) is 0.367. The number of hydrogen-bond donors (Lipinski definition) is 0. The second-order valence-corrected chi connectivity index (χ2v) is 7.64. The van der Waals surface area contributed by atoms with Crippen LogP contribution in [0.1, 0.15) is 16.0 Å². The van der Waals surface area contributed by atoms with Gasteiger partial charge < -0.3 is 4.90 Å². The Labute approximate surface area is 154 Å². The molecule has 0 saturated heterocycles. The molecule has 0 N–H and O–H groups in total. The molecule has 0 fully saturated rings. The van der Waals surface area contributed by atoms with Crippen LogP contribution in [-0.2, 0) is 17.9 Å². The Hall–Kier alpha value is -2.19. The zero-order chi connectivity index (χ0) is 17.6. The Morgan fingerprint density at radius 1 is 1.28 bits per heavy atom. The number of aryl methyl sites for hydroxylation is 1. The van der Waals surface area contributed by atoms with Gasteiger partial charge in [0.2, 0.25) is 11.1 Å². The molecule has 1 amide bonds. The highest BCUT2D eigenvalue weighted by atomic mass is 32.2. The number of rotatable bonds is 7. The lowest BCUT2D eigenvalue weighted by Gasteiger charge is -2.18. The summed E-state index contributed by atoms with van der Waals surface area (Å²) in [6.45, 7) is 3.29. The van der Waals surface area contributed by atoms with Crippen LogP contribution < -0.4 is 0 Å². The maximum Gasteiger partial charge on any atom is 0.233 e. The zero-order valence-corrected chi connectivity index (χ0v) is 15.8. The molecule has 0 aliphatic carbocycles. The smallest absolute Gasteiger partial charge is 0.233 e. The molecule has 0 saturated carbocycles. The molecule has 2 heterocycles. The van der Waals surface area contributed by atoms with Crippen molar-refractivity contribution in [2.45, 2.75) is 25.2 Å². The van der Waals surface area contributed by atoms with Crippen LogP contribution in [0.2, 0.25) is 0 Å². The third kappa shape index (κ3) is 4.67. The number of carbonyl (C=O) groups is 1. The van der Waals surface area contributed by atoms with Crippen LogP contribution in [0.5, 0.6) is 0 Å². The van der Waals surface area contributed by atoms with E-state index < -0.39 is 0 Å². The topological polar surface area (TPSA) is 63.9 Å². The Bertz CT molecular complexity index is 831. The van der Waals surface area contributed by atoms with Gasteiger partial charge in [0.15, 0.2) is 0 Å². The number of carbonyl (C=O) groups excluding carboxylic acids is 1. The molecule has 0 spiro atoms. The molecule has 8 heteroatoms. The van der Waals surface area contributed by atoms with E-state index >= 15 is 0 Å². The van der Waals surface area contributed by atoms with Crippen molar-refractivity contribution in [3.05, 3.63) is 57.8 Å². The summed E-state index contributed by atoms with van der Waals surface area (Å²) >= 11 is 3.03. The third-order valence-corrected chi connectivity index (χ3v) is 5.61. The fourth-order valence-electron chi connectivity index (χ4n) is 2.32. The monoisotopic (exact) mass is 373 g/mol. The van der Waals surface area contributed by atoms with E-state index in [0.29, 0.717) is 24.0 Å². The summed E-state index contributed by atoms with van der Waals surface area (Å²) in [6, 6.07) is 12.1. The number of thioether (sulfide) groups is 1. The minimum atomic E-state index is 0.0546. The van der Waals surface area contributed by atoms with E-state index in [4.69, 9.17) is 0 Å².